The van der Waals surface area contributed by atoms with Gasteiger partial charge >= 0.3 is 5.97 Å². The number of morpholine rings is 1. The van der Waals surface area contributed by atoms with Crippen LogP contribution in [-0.4, -0.2) is 56.4 Å². The SMILES string of the molecule is CC(CN1CCOCC1)OC(=O)COc1ccc(Cl)cc1Cl. The van der Waals surface area contributed by atoms with E-state index in [1.54, 1.807) is 18.2 Å². The number of hydrogen-bond donors (Lipinski definition) is 0. The van der Waals surface area contributed by atoms with Gasteiger partial charge in [0.05, 0.1) is 18.2 Å². The molecule has 1 aliphatic rings. The summed E-state index contributed by atoms with van der Waals surface area (Å²) in [4.78, 5) is 14.0. The number of rotatable bonds is 6. The maximum atomic E-state index is 11.8. The second-order valence-electron chi connectivity index (χ2n) is 5.08. The summed E-state index contributed by atoms with van der Waals surface area (Å²) in [5.41, 5.74) is 0. The Bertz CT molecular complexity index is 506. The maximum Gasteiger partial charge on any atom is 0.344 e. The van der Waals surface area contributed by atoms with Gasteiger partial charge in [-0.1, -0.05) is 23.2 Å². The van der Waals surface area contributed by atoms with Crippen LogP contribution in [-0.2, 0) is 14.3 Å². The monoisotopic (exact) mass is 347 g/mol. The molecule has 2 rings (SSSR count). The van der Waals surface area contributed by atoms with Crippen molar-refractivity contribution in [2.75, 3.05) is 39.5 Å². The number of benzene rings is 1. The number of nitrogens with zero attached hydrogens (tertiary/aromatic N) is 1. The van der Waals surface area contributed by atoms with Crippen LogP contribution >= 0.6 is 23.2 Å². The fourth-order valence-corrected chi connectivity index (χ4v) is 2.64. The molecule has 0 aromatic heterocycles. The van der Waals surface area contributed by atoms with E-state index in [0.717, 1.165) is 26.3 Å². The zero-order chi connectivity index (χ0) is 15.9. The van der Waals surface area contributed by atoms with E-state index >= 15 is 0 Å². The molecule has 0 amide bonds. The van der Waals surface area contributed by atoms with E-state index in [4.69, 9.17) is 37.4 Å². The van der Waals surface area contributed by atoms with Crippen LogP contribution in [0.25, 0.3) is 0 Å². The molecule has 1 aliphatic heterocycles. The van der Waals surface area contributed by atoms with Crippen molar-refractivity contribution in [1.29, 1.82) is 0 Å². The van der Waals surface area contributed by atoms with Gasteiger partial charge in [-0.05, 0) is 25.1 Å². The van der Waals surface area contributed by atoms with Gasteiger partial charge in [-0.2, -0.15) is 0 Å². The maximum absolute atomic E-state index is 11.8. The quantitative estimate of drug-likeness (QED) is 0.740. The molecule has 5 nitrogen and oxygen atoms in total. The summed E-state index contributed by atoms with van der Waals surface area (Å²) in [5, 5.41) is 0.876. The molecule has 122 valence electrons. The highest BCUT2D eigenvalue weighted by molar-refractivity contribution is 6.35. The molecule has 1 unspecified atom stereocenters. The largest absolute Gasteiger partial charge is 0.480 e. The molecular formula is C15H19Cl2NO4. The summed E-state index contributed by atoms with van der Waals surface area (Å²) in [5.74, 6) is -0.0179. The van der Waals surface area contributed by atoms with Crippen molar-refractivity contribution >= 4 is 29.2 Å². The van der Waals surface area contributed by atoms with Gasteiger partial charge in [0.25, 0.3) is 0 Å². The molecule has 22 heavy (non-hydrogen) atoms. The highest BCUT2D eigenvalue weighted by atomic mass is 35.5. The fraction of sp³-hybridized carbons (Fsp3) is 0.533. The van der Waals surface area contributed by atoms with Gasteiger partial charge < -0.3 is 14.2 Å². The van der Waals surface area contributed by atoms with Gasteiger partial charge in [0.2, 0.25) is 0 Å². The zero-order valence-electron chi connectivity index (χ0n) is 12.4. The number of esters is 1. The van der Waals surface area contributed by atoms with E-state index in [1.807, 2.05) is 6.92 Å². The Morgan fingerprint density at radius 3 is 2.77 bits per heavy atom. The summed E-state index contributed by atoms with van der Waals surface area (Å²) < 4.78 is 15.9. The van der Waals surface area contributed by atoms with E-state index in [9.17, 15) is 4.79 Å². The molecule has 0 aliphatic carbocycles. The lowest BCUT2D eigenvalue weighted by Gasteiger charge is -2.28. The molecule has 1 aromatic rings. The third-order valence-electron chi connectivity index (χ3n) is 3.19. The number of hydrogen-bond acceptors (Lipinski definition) is 5. The smallest absolute Gasteiger partial charge is 0.344 e. The van der Waals surface area contributed by atoms with Gasteiger partial charge in [-0.3, -0.25) is 4.90 Å². The highest BCUT2D eigenvalue weighted by Gasteiger charge is 2.17. The predicted octanol–water partition coefficient (Wildman–Crippen LogP) is 2.64. The Balaban J connectivity index is 1.72. The molecular weight excluding hydrogens is 329 g/mol. The Hall–Kier alpha value is -1.01. The average molecular weight is 348 g/mol. The van der Waals surface area contributed by atoms with Crippen LogP contribution in [0.3, 0.4) is 0 Å². The highest BCUT2D eigenvalue weighted by Crippen LogP contribution is 2.27. The fourth-order valence-electron chi connectivity index (χ4n) is 2.17. The summed E-state index contributed by atoms with van der Waals surface area (Å²) >= 11 is 11.8. The number of ether oxygens (including phenoxy) is 3. The third-order valence-corrected chi connectivity index (χ3v) is 3.72. The summed E-state index contributed by atoms with van der Waals surface area (Å²) in [6.45, 7) is 5.53. The molecule has 0 spiro atoms. The van der Waals surface area contributed by atoms with Crippen molar-refractivity contribution < 1.29 is 19.0 Å². The second-order valence-corrected chi connectivity index (χ2v) is 5.92. The van der Waals surface area contributed by atoms with Crippen LogP contribution in [0.2, 0.25) is 10.0 Å². The number of carbonyl (C=O) groups excluding carboxylic acids is 1. The first-order chi connectivity index (χ1) is 10.5. The second kappa shape index (κ2) is 8.58. The molecule has 0 bridgehead atoms. The molecule has 7 heteroatoms. The van der Waals surface area contributed by atoms with Gasteiger partial charge in [0, 0.05) is 24.7 Å². The van der Waals surface area contributed by atoms with Gasteiger partial charge in [-0.15, -0.1) is 0 Å². The zero-order valence-corrected chi connectivity index (χ0v) is 13.9. The summed E-state index contributed by atoms with van der Waals surface area (Å²) in [6.07, 6.45) is -0.199. The molecule has 1 fully saturated rings. The van der Waals surface area contributed by atoms with E-state index in [1.165, 1.54) is 0 Å². The van der Waals surface area contributed by atoms with Crippen molar-refractivity contribution in [1.82, 2.24) is 4.90 Å². The molecule has 1 saturated heterocycles. The van der Waals surface area contributed by atoms with Crippen LogP contribution in [0.4, 0.5) is 0 Å². The Morgan fingerprint density at radius 2 is 2.09 bits per heavy atom. The summed E-state index contributed by atoms with van der Waals surface area (Å²) in [6, 6.07) is 4.83. The van der Waals surface area contributed by atoms with Crippen molar-refractivity contribution in [2.45, 2.75) is 13.0 Å². The summed E-state index contributed by atoms with van der Waals surface area (Å²) in [7, 11) is 0. The minimum Gasteiger partial charge on any atom is -0.480 e. The van der Waals surface area contributed by atoms with Crippen LogP contribution < -0.4 is 4.74 Å². The first-order valence-electron chi connectivity index (χ1n) is 7.12. The number of halogens is 2. The van der Waals surface area contributed by atoms with Crippen LogP contribution in [0, 0.1) is 0 Å². The molecule has 1 aromatic carbocycles. The molecule has 1 atom stereocenters. The van der Waals surface area contributed by atoms with E-state index < -0.39 is 5.97 Å². The lowest BCUT2D eigenvalue weighted by Crippen LogP contribution is -2.41. The van der Waals surface area contributed by atoms with Crippen LogP contribution in [0.5, 0.6) is 5.75 Å². The van der Waals surface area contributed by atoms with Crippen molar-refractivity contribution in [3.63, 3.8) is 0 Å². The minimum absolute atomic E-state index is 0.186. The van der Waals surface area contributed by atoms with E-state index in [-0.39, 0.29) is 12.7 Å². The topological polar surface area (TPSA) is 48.0 Å². The van der Waals surface area contributed by atoms with E-state index in [2.05, 4.69) is 4.90 Å². The normalized spacial score (nSPS) is 17.0. The Morgan fingerprint density at radius 1 is 1.36 bits per heavy atom. The third kappa shape index (κ3) is 5.65. The first kappa shape index (κ1) is 17.3. The molecule has 0 N–H and O–H groups in total. The number of carbonyl (C=O) groups is 1. The van der Waals surface area contributed by atoms with Crippen LogP contribution in [0.15, 0.2) is 18.2 Å². The van der Waals surface area contributed by atoms with Crippen molar-refractivity contribution in [2.24, 2.45) is 0 Å². The molecule has 1 heterocycles. The minimum atomic E-state index is -0.424. The van der Waals surface area contributed by atoms with Crippen LogP contribution in [0.1, 0.15) is 6.92 Å². The molecule has 0 radical (unpaired) electrons. The van der Waals surface area contributed by atoms with E-state index in [0.29, 0.717) is 22.3 Å². The Kier molecular flexibility index (Phi) is 6.76. The van der Waals surface area contributed by atoms with Gasteiger partial charge in [0.15, 0.2) is 6.61 Å². The predicted molar refractivity (Wildman–Crippen MR) is 84.8 cm³/mol. The molecule has 0 saturated carbocycles. The average Bonchev–Trinajstić information content (AvgIpc) is 2.47. The lowest BCUT2D eigenvalue weighted by molar-refractivity contribution is -0.151. The van der Waals surface area contributed by atoms with Crippen molar-refractivity contribution in [3.05, 3.63) is 28.2 Å². The van der Waals surface area contributed by atoms with Crippen molar-refractivity contribution in [3.8, 4) is 5.75 Å². The van der Waals surface area contributed by atoms with Gasteiger partial charge in [0.1, 0.15) is 11.9 Å². The first-order valence-corrected chi connectivity index (χ1v) is 7.87. The standard InChI is InChI=1S/C15H19Cl2NO4/c1-11(9-18-4-6-20-7-5-18)22-15(19)10-21-14-3-2-12(16)8-13(14)17/h2-3,8,11H,4-7,9-10H2,1H3. The lowest BCUT2D eigenvalue weighted by atomic mass is 10.3. The van der Waals surface area contributed by atoms with Gasteiger partial charge in [-0.25, -0.2) is 4.79 Å². The Labute approximate surface area is 140 Å².